The number of anilines is 1. The van der Waals surface area contributed by atoms with Crippen LogP contribution in [0.4, 0.5) is 5.69 Å². The zero-order valence-electron chi connectivity index (χ0n) is 17.0. The maximum absolute atomic E-state index is 12.0. The van der Waals surface area contributed by atoms with Crippen molar-refractivity contribution < 1.29 is 14.3 Å². The van der Waals surface area contributed by atoms with Crippen molar-refractivity contribution in [3.8, 4) is 11.5 Å². The van der Waals surface area contributed by atoms with Crippen LogP contribution >= 0.6 is 24.0 Å². The van der Waals surface area contributed by atoms with Gasteiger partial charge in [0.15, 0.2) is 17.5 Å². The largest absolute Gasteiger partial charge is 0.493 e. The highest BCUT2D eigenvalue weighted by Gasteiger charge is 2.06. The Morgan fingerprint density at radius 3 is 2.38 bits per heavy atom. The van der Waals surface area contributed by atoms with Gasteiger partial charge in [0.2, 0.25) is 0 Å². The van der Waals surface area contributed by atoms with Gasteiger partial charge in [0.25, 0.3) is 5.91 Å². The van der Waals surface area contributed by atoms with Crippen molar-refractivity contribution in [1.82, 2.24) is 10.6 Å². The monoisotopic (exact) mass is 512 g/mol. The van der Waals surface area contributed by atoms with Crippen LogP contribution in [-0.2, 0) is 0 Å². The first-order valence-electron chi connectivity index (χ1n) is 9.28. The fourth-order valence-corrected chi connectivity index (χ4v) is 2.52. The summed E-state index contributed by atoms with van der Waals surface area (Å²) >= 11 is 0. The van der Waals surface area contributed by atoms with Crippen LogP contribution < -0.4 is 25.4 Å². The van der Waals surface area contributed by atoms with Crippen molar-refractivity contribution in [2.45, 2.75) is 13.3 Å². The van der Waals surface area contributed by atoms with Gasteiger partial charge in [-0.3, -0.25) is 9.79 Å². The minimum Gasteiger partial charge on any atom is -0.493 e. The second-order valence-electron chi connectivity index (χ2n) is 5.93. The molecule has 29 heavy (non-hydrogen) atoms. The molecule has 0 aliphatic carbocycles. The standard InChI is InChI=1S/C21H28N4O3.HI/c1-4-22-21(25-17-11-12-18(27-2)19(15-17)28-3)24-14-8-13-23-20(26)16-9-6-5-7-10-16;/h5-7,9-12,15H,4,8,13-14H2,1-3H3,(H,23,26)(H2,22,24,25);1H. The molecule has 0 bridgehead atoms. The summed E-state index contributed by atoms with van der Waals surface area (Å²) in [6, 6.07) is 14.8. The average Bonchev–Trinajstić information content (AvgIpc) is 2.73. The summed E-state index contributed by atoms with van der Waals surface area (Å²) in [5.41, 5.74) is 1.50. The first-order valence-corrected chi connectivity index (χ1v) is 9.28. The van der Waals surface area contributed by atoms with Crippen LogP contribution in [0.3, 0.4) is 0 Å². The Morgan fingerprint density at radius 2 is 1.72 bits per heavy atom. The molecule has 0 heterocycles. The number of hydrogen-bond acceptors (Lipinski definition) is 4. The van der Waals surface area contributed by atoms with Gasteiger partial charge in [0, 0.05) is 37.0 Å². The third-order valence-corrected chi connectivity index (χ3v) is 3.92. The number of rotatable bonds is 9. The van der Waals surface area contributed by atoms with E-state index >= 15 is 0 Å². The molecule has 0 saturated carbocycles. The number of carbonyl (C=O) groups excluding carboxylic acids is 1. The molecular weight excluding hydrogens is 483 g/mol. The number of amides is 1. The number of guanidine groups is 1. The van der Waals surface area contributed by atoms with Crippen molar-refractivity contribution in [1.29, 1.82) is 0 Å². The quantitative estimate of drug-likeness (QED) is 0.207. The molecule has 0 fully saturated rings. The lowest BCUT2D eigenvalue weighted by atomic mass is 10.2. The van der Waals surface area contributed by atoms with E-state index in [2.05, 4.69) is 20.9 Å². The highest BCUT2D eigenvalue weighted by molar-refractivity contribution is 14.0. The van der Waals surface area contributed by atoms with Crippen LogP contribution in [0.25, 0.3) is 0 Å². The fourth-order valence-electron chi connectivity index (χ4n) is 2.52. The molecule has 2 aromatic rings. The van der Waals surface area contributed by atoms with E-state index in [1.165, 1.54) is 0 Å². The Bertz CT molecular complexity index is 785. The first-order chi connectivity index (χ1) is 13.7. The lowest BCUT2D eigenvalue weighted by molar-refractivity contribution is 0.0953. The van der Waals surface area contributed by atoms with Gasteiger partial charge >= 0.3 is 0 Å². The smallest absolute Gasteiger partial charge is 0.251 e. The third-order valence-electron chi connectivity index (χ3n) is 3.92. The molecule has 0 aliphatic heterocycles. The van der Waals surface area contributed by atoms with Crippen molar-refractivity contribution in [2.24, 2.45) is 4.99 Å². The number of hydrogen-bond donors (Lipinski definition) is 3. The van der Waals surface area contributed by atoms with Crippen LogP contribution in [0.15, 0.2) is 53.5 Å². The lowest BCUT2D eigenvalue weighted by Gasteiger charge is -2.14. The Balaban J connectivity index is 0.00000420. The zero-order chi connectivity index (χ0) is 20.2. The van der Waals surface area contributed by atoms with E-state index in [1.807, 2.05) is 43.3 Å². The molecule has 158 valence electrons. The average molecular weight is 512 g/mol. The number of nitrogens with one attached hydrogen (secondary N) is 3. The second kappa shape index (κ2) is 13.6. The van der Waals surface area contributed by atoms with E-state index < -0.39 is 0 Å². The fraction of sp³-hybridized carbons (Fsp3) is 0.333. The molecule has 0 atom stereocenters. The number of ether oxygens (including phenoxy) is 2. The summed E-state index contributed by atoms with van der Waals surface area (Å²) in [6.45, 7) is 3.89. The first kappa shape index (κ1) is 24.5. The third kappa shape index (κ3) is 8.18. The van der Waals surface area contributed by atoms with Crippen molar-refractivity contribution >= 4 is 41.5 Å². The molecule has 8 heteroatoms. The van der Waals surface area contributed by atoms with Gasteiger partial charge in [-0.25, -0.2) is 0 Å². The minimum absolute atomic E-state index is 0. The molecule has 0 spiro atoms. The summed E-state index contributed by atoms with van der Waals surface area (Å²) in [7, 11) is 3.21. The van der Waals surface area contributed by atoms with E-state index in [0.29, 0.717) is 36.1 Å². The highest BCUT2D eigenvalue weighted by atomic mass is 127. The molecule has 3 N–H and O–H groups in total. The van der Waals surface area contributed by atoms with E-state index in [4.69, 9.17) is 9.47 Å². The van der Waals surface area contributed by atoms with Crippen molar-refractivity contribution in [2.75, 3.05) is 39.2 Å². The molecule has 0 aromatic heterocycles. The van der Waals surface area contributed by atoms with Crippen molar-refractivity contribution in [3.05, 3.63) is 54.1 Å². The van der Waals surface area contributed by atoms with Gasteiger partial charge in [0.1, 0.15) is 0 Å². The number of methoxy groups -OCH3 is 2. The molecule has 0 aliphatic rings. The van der Waals surface area contributed by atoms with Crippen LogP contribution in [-0.4, -0.2) is 45.7 Å². The molecule has 0 unspecified atom stereocenters. The molecule has 0 saturated heterocycles. The Kier molecular flexibility index (Phi) is 11.6. The van der Waals surface area contributed by atoms with Crippen LogP contribution in [0.2, 0.25) is 0 Å². The van der Waals surface area contributed by atoms with Gasteiger partial charge in [-0.05, 0) is 37.6 Å². The summed E-state index contributed by atoms with van der Waals surface area (Å²) in [4.78, 5) is 16.6. The Hall–Kier alpha value is -2.49. The van der Waals surface area contributed by atoms with Crippen molar-refractivity contribution in [3.63, 3.8) is 0 Å². The number of carbonyl (C=O) groups is 1. The molecular formula is C21H29IN4O3. The summed E-state index contributed by atoms with van der Waals surface area (Å²) in [5.74, 6) is 1.92. The molecule has 0 radical (unpaired) electrons. The Labute approximate surface area is 189 Å². The van der Waals surface area contributed by atoms with Crippen LogP contribution in [0, 0.1) is 0 Å². The van der Waals surface area contributed by atoms with E-state index in [-0.39, 0.29) is 29.9 Å². The van der Waals surface area contributed by atoms with Gasteiger partial charge in [-0.1, -0.05) is 18.2 Å². The SMILES string of the molecule is CCNC(=NCCCNC(=O)c1ccccc1)Nc1ccc(OC)c(OC)c1.I. The Morgan fingerprint density at radius 1 is 1.00 bits per heavy atom. The molecule has 2 aromatic carbocycles. The normalized spacial score (nSPS) is 10.5. The van der Waals surface area contributed by atoms with Gasteiger partial charge in [-0.2, -0.15) is 0 Å². The predicted octanol–water partition coefficient (Wildman–Crippen LogP) is 3.52. The number of halogens is 1. The minimum atomic E-state index is -0.0695. The highest BCUT2D eigenvalue weighted by Crippen LogP contribution is 2.29. The predicted molar refractivity (Wildman–Crippen MR) is 128 cm³/mol. The van der Waals surface area contributed by atoms with E-state index in [9.17, 15) is 4.79 Å². The summed E-state index contributed by atoms with van der Waals surface area (Å²) in [5, 5.41) is 9.35. The summed E-state index contributed by atoms with van der Waals surface area (Å²) in [6.07, 6.45) is 0.737. The van der Waals surface area contributed by atoms with Crippen LogP contribution in [0.5, 0.6) is 11.5 Å². The topological polar surface area (TPSA) is 84.0 Å². The maximum Gasteiger partial charge on any atom is 0.251 e. The van der Waals surface area contributed by atoms with Crippen LogP contribution in [0.1, 0.15) is 23.7 Å². The number of aliphatic imine (C=N–C) groups is 1. The molecule has 2 rings (SSSR count). The molecule has 7 nitrogen and oxygen atoms in total. The summed E-state index contributed by atoms with van der Waals surface area (Å²) < 4.78 is 10.6. The molecule has 1 amide bonds. The number of benzene rings is 2. The maximum atomic E-state index is 12.0. The zero-order valence-corrected chi connectivity index (χ0v) is 19.4. The number of nitrogens with zero attached hydrogens (tertiary/aromatic N) is 1. The lowest BCUT2D eigenvalue weighted by Crippen LogP contribution is -2.31. The second-order valence-corrected chi connectivity index (χ2v) is 5.93. The van der Waals surface area contributed by atoms with Gasteiger partial charge in [0.05, 0.1) is 14.2 Å². The van der Waals surface area contributed by atoms with Gasteiger partial charge < -0.3 is 25.4 Å². The van der Waals surface area contributed by atoms with Gasteiger partial charge in [-0.15, -0.1) is 24.0 Å². The van der Waals surface area contributed by atoms with E-state index in [1.54, 1.807) is 26.4 Å². The van der Waals surface area contributed by atoms with E-state index in [0.717, 1.165) is 18.7 Å².